The van der Waals surface area contributed by atoms with Crippen LogP contribution in [0.4, 0.5) is 4.39 Å². The van der Waals surface area contributed by atoms with E-state index in [9.17, 15) is 4.39 Å². The van der Waals surface area contributed by atoms with Gasteiger partial charge < -0.3 is 17.7 Å². The number of pyridine rings is 8. The number of nitrogens with zero attached hydrogens (tertiary/aromatic N) is 8. The van der Waals surface area contributed by atoms with Crippen LogP contribution in [0.1, 0.15) is 52.7 Å². The zero-order chi connectivity index (χ0) is 93.1. The maximum atomic E-state index is 13.4. The first-order chi connectivity index (χ1) is 65.2. The SMILES string of the molecule is Cc1ccc(-c2cc[n+](C)c(-c3c(C)ccc4c3oc3nc5ccccc5cc34)c2)cc1.Cc1ccc2c(oc3nc4ccccc4cc32)c1-c1cc(-c2ccc(F)cc2)cc[n+]1C.[2H]C([2H])([2H])c1c[n+](C)c(-c2c(C)ccc3c2oc2nc4ccccc4cc23)cc1-c1ccc(C)cc1.[2H]C([2H])([2H])c1c[n+](C)c(-c2c(C)ccc3c2oc2nc4ccccc4cc23)cc1-c1ccccc1. The van der Waals surface area contributed by atoms with Crippen molar-refractivity contribution in [2.24, 2.45) is 28.2 Å². The lowest BCUT2D eigenvalue weighted by Gasteiger charge is -2.10. The van der Waals surface area contributed by atoms with Gasteiger partial charge in [-0.3, -0.25) is 0 Å². The molecule has 0 saturated heterocycles. The van der Waals surface area contributed by atoms with Crippen molar-refractivity contribution in [1.82, 2.24) is 19.9 Å². The highest BCUT2D eigenvalue weighted by Crippen LogP contribution is 2.45. The van der Waals surface area contributed by atoms with Crippen LogP contribution in [0.3, 0.4) is 0 Å². The van der Waals surface area contributed by atoms with Crippen molar-refractivity contribution in [1.29, 1.82) is 0 Å². The summed E-state index contributed by atoms with van der Waals surface area (Å²) in [5, 5.41) is 12.4. The monoisotopic (exact) mass is 1680 g/mol. The molecule has 0 unspecified atom stereocenters. The van der Waals surface area contributed by atoms with Crippen LogP contribution in [0.25, 0.3) is 221 Å². The molecular formula is C116H91FN8O4+4. The summed E-state index contributed by atoms with van der Waals surface area (Å²) in [5.41, 5.74) is 32.2. The zero-order valence-corrected chi connectivity index (χ0v) is 72.8. The first-order valence-corrected chi connectivity index (χ1v) is 43.1. The lowest BCUT2D eigenvalue weighted by Crippen LogP contribution is -2.31. The third-order valence-electron chi connectivity index (χ3n) is 25.1. The van der Waals surface area contributed by atoms with Gasteiger partial charge in [-0.15, -0.1) is 0 Å². The lowest BCUT2D eigenvalue weighted by molar-refractivity contribution is -0.660. The molecule has 0 saturated carbocycles. The van der Waals surface area contributed by atoms with Crippen LogP contribution in [0.5, 0.6) is 0 Å². The summed E-state index contributed by atoms with van der Waals surface area (Å²) in [7, 11) is 7.88. The average Bonchev–Trinajstić information content (AvgIpc) is 1.63. The Hall–Kier alpha value is -16.0. The van der Waals surface area contributed by atoms with E-state index in [4.69, 9.17) is 45.8 Å². The summed E-state index contributed by atoms with van der Waals surface area (Å²) in [6, 6.07) is 103. The molecule has 0 aliphatic carbocycles. The Balaban J connectivity index is 0.000000108. The second-order valence-corrected chi connectivity index (χ2v) is 33.7. The number of aryl methyl sites for hydroxylation is 12. The van der Waals surface area contributed by atoms with Gasteiger partial charge in [-0.25, -0.2) is 42.6 Å². The molecule has 12 aromatic carbocycles. The molecular weight excluding hydrogens is 1590 g/mol. The molecule has 12 nitrogen and oxygen atoms in total. The molecule has 0 spiro atoms. The van der Waals surface area contributed by atoms with Gasteiger partial charge in [0.05, 0.1) is 44.3 Å². The molecule has 0 atom stereocenters. The minimum Gasteiger partial charge on any atom is -0.437 e. The molecule has 0 fully saturated rings. The first kappa shape index (κ1) is 73.4. The van der Waals surface area contributed by atoms with Crippen molar-refractivity contribution in [3.8, 4) is 89.5 Å². The molecule has 24 rings (SSSR count). The predicted octanol–water partition coefficient (Wildman–Crippen LogP) is 27.8. The van der Waals surface area contributed by atoms with Crippen LogP contribution in [-0.4, -0.2) is 19.9 Å². The van der Waals surface area contributed by atoms with Crippen molar-refractivity contribution in [2.75, 3.05) is 0 Å². The van der Waals surface area contributed by atoms with E-state index >= 15 is 0 Å². The highest BCUT2D eigenvalue weighted by Gasteiger charge is 2.29. The van der Waals surface area contributed by atoms with Crippen molar-refractivity contribution in [2.45, 2.75) is 55.2 Å². The largest absolute Gasteiger partial charge is 0.437 e. The molecule has 12 heterocycles. The summed E-state index contributed by atoms with van der Waals surface area (Å²) >= 11 is 0. The average molecular weight is 1690 g/mol. The number of fused-ring (bicyclic) bond motifs is 16. The number of halogens is 1. The summed E-state index contributed by atoms with van der Waals surface area (Å²) < 4.78 is 96.0. The third kappa shape index (κ3) is 14.7. The standard InChI is InChI=1S/C30H25N2O.2C29H23N2O.C28H20FN2O/c1-18-9-12-21(13-10-18)24-16-27(32(4)17-20(24)3)28-19(2)11-14-23-25-15-22-7-5-6-8-26(22)31-30(25)33-29(23)28;1-18-13-14-22-24-15-21-11-7-8-12-25(21)30-29(24)32-28(22)27(18)26-16-23(19(2)17-31(26)3)20-9-5-4-6-10-20;1-18-8-11-20(12-9-18)21-14-15-31(3)26(17-21)27-19(2)10-13-23-24-16-22-6-4-5-7-25(22)30-29(24)32-28(23)27;1-17-7-12-22-23-15-20-5-3-4-6-24(20)30-28(23)32-27(22)26(17)25-16-19(13-14-31(25)2)18-8-10-21(29)11-9-18/h5-17H,1-4H3;2*4-17H,1-3H3;3-16H,1-2H3/q4*+1/i3D3;2D3;;. The highest BCUT2D eigenvalue weighted by atomic mass is 19.1. The van der Waals surface area contributed by atoms with Crippen LogP contribution < -0.4 is 18.3 Å². The summed E-state index contributed by atoms with van der Waals surface area (Å²) in [6.07, 6.45) is 7.60. The third-order valence-corrected chi connectivity index (χ3v) is 25.1. The zero-order valence-electron chi connectivity index (χ0n) is 78.8. The Morgan fingerprint density at radius 2 is 0.543 bits per heavy atom. The van der Waals surface area contributed by atoms with E-state index in [1.807, 2.05) is 196 Å². The van der Waals surface area contributed by atoms with Gasteiger partial charge >= 0.3 is 0 Å². The van der Waals surface area contributed by atoms with Gasteiger partial charge in [-0.05, 0) is 183 Å². The van der Waals surface area contributed by atoms with E-state index in [1.54, 1.807) is 24.5 Å². The number of aromatic nitrogens is 8. The number of hydrogen-bond donors (Lipinski definition) is 0. The summed E-state index contributed by atoms with van der Waals surface area (Å²) in [5.74, 6) is -0.238. The molecule has 13 heteroatoms. The maximum Gasteiger partial charge on any atom is 0.227 e. The Labute approximate surface area is 753 Å². The van der Waals surface area contributed by atoms with Gasteiger partial charge in [0.15, 0.2) is 47.1 Å². The fourth-order valence-electron chi connectivity index (χ4n) is 18.1. The van der Waals surface area contributed by atoms with Gasteiger partial charge in [0.1, 0.15) is 34.0 Å². The number of furan rings is 4. The number of benzene rings is 12. The van der Waals surface area contributed by atoms with E-state index in [2.05, 4.69) is 190 Å². The van der Waals surface area contributed by atoms with E-state index in [0.717, 1.165) is 199 Å². The first-order valence-electron chi connectivity index (χ1n) is 46.1. The molecule has 24 aromatic rings. The van der Waals surface area contributed by atoms with Gasteiger partial charge in [0.25, 0.3) is 0 Å². The van der Waals surface area contributed by atoms with Crippen LogP contribution in [0, 0.1) is 61.1 Å². The number of para-hydroxylation sites is 4. The Morgan fingerprint density at radius 1 is 0.256 bits per heavy atom. The molecule has 129 heavy (non-hydrogen) atoms. The summed E-state index contributed by atoms with van der Waals surface area (Å²) in [4.78, 5) is 19.1. The molecule has 0 radical (unpaired) electrons. The number of rotatable bonds is 8. The van der Waals surface area contributed by atoms with Gasteiger partial charge in [-0.2, -0.15) is 0 Å². The molecule has 0 bridgehead atoms. The van der Waals surface area contributed by atoms with E-state index in [1.165, 1.54) is 34.4 Å². The Morgan fingerprint density at radius 3 is 0.868 bits per heavy atom. The molecule has 12 aromatic heterocycles. The smallest absolute Gasteiger partial charge is 0.227 e. The maximum absolute atomic E-state index is 13.4. The van der Waals surface area contributed by atoms with Crippen molar-refractivity contribution >= 4 is 132 Å². The van der Waals surface area contributed by atoms with Crippen molar-refractivity contribution < 1.29 is 48.6 Å². The minimum atomic E-state index is -2.25. The van der Waals surface area contributed by atoms with Crippen molar-refractivity contribution in [3.05, 3.63) is 384 Å². The molecule has 622 valence electrons. The normalized spacial score (nSPS) is 12.5. The topological polar surface area (TPSA) is 120 Å². The second-order valence-electron chi connectivity index (χ2n) is 33.7. The lowest BCUT2D eigenvalue weighted by atomic mass is 9.95. The quantitative estimate of drug-likeness (QED) is 0.138. The predicted molar refractivity (Wildman–Crippen MR) is 522 cm³/mol. The van der Waals surface area contributed by atoms with Crippen LogP contribution in [0.15, 0.2) is 352 Å². The number of hydrogen-bond acceptors (Lipinski definition) is 8. The molecule has 0 amide bonds. The van der Waals surface area contributed by atoms with Gasteiger partial charge in [0.2, 0.25) is 45.6 Å². The molecule has 0 aliphatic heterocycles. The van der Waals surface area contributed by atoms with Gasteiger partial charge in [-0.1, -0.05) is 223 Å². The summed E-state index contributed by atoms with van der Waals surface area (Å²) in [6.45, 7) is 7.98. The molecule has 0 aliphatic rings. The highest BCUT2D eigenvalue weighted by molar-refractivity contribution is 6.15. The van der Waals surface area contributed by atoms with E-state index in [0.29, 0.717) is 45.1 Å². The fraction of sp³-hybridized carbons (Fsp3) is 0.103. The molecule has 0 N–H and O–H groups in total. The Kier molecular flexibility index (Phi) is 18.5. The van der Waals surface area contributed by atoms with Crippen LogP contribution in [0.2, 0.25) is 0 Å². The van der Waals surface area contributed by atoms with Crippen LogP contribution >= 0.6 is 0 Å². The fourth-order valence-corrected chi connectivity index (χ4v) is 18.1. The minimum absolute atomic E-state index is 0.238. The van der Waals surface area contributed by atoms with Crippen molar-refractivity contribution in [3.63, 3.8) is 0 Å². The Bertz CT molecular complexity index is 8660. The van der Waals surface area contributed by atoms with E-state index in [-0.39, 0.29) is 5.82 Å². The van der Waals surface area contributed by atoms with Crippen LogP contribution in [-0.2, 0) is 28.2 Å². The van der Waals surface area contributed by atoms with E-state index < -0.39 is 13.7 Å². The second kappa shape index (κ2) is 32.5. The van der Waals surface area contributed by atoms with Gasteiger partial charge in [0, 0.05) is 120 Å².